The summed E-state index contributed by atoms with van der Waals surface area (Å²) in [5.74, 6) is 1.70. The monoisotopic (exact) mass is 356 g/mol. The third-order valence-electron chi connectivity index (χ3n) is 4.80. The molecule has 0 aliphatic carbocycles. The van der Waals surface area contributed by atoms with E-state index in [2.05, 4.69) is 34.3 Å². The predicted octanol–water partition coefficient (Wildman–Crippen LogP) is 2.79. The number of nitrogens with zero attached hydrogens (tertiary/aromatic N) is 2. The lowest BCUT2D eigenvalue weighted by molar-refractivity contribution is 0.0945. The molecule has 2 aromatic rings. The van der Waals surface area contributed by atoms with E-state index in [9.17, 15) is 4.79 Å². The molecule has 1 aliphatic rings. The molecule has 26 heavy (non-hydrogen) atoms. The average molecular weight is 356 g/mol. The topological polar surface area (TPSA) is 70.2 Å². The van der Waals surface area contributed by atoms with E-state index in [0.717, 1.165) is 43.1 Å². The largest absolute Gasteiger partial charge is 0.496 e. The van der Waals surface area contributed by atoms with Crippen LogP contribution in [0.2, 0.25) is 0 Å². The summed E-state index contributed by atoms with van der Waals surface area (Å²) in [4.78, 5) is 14.9. The van der Waals surface area contributed by atoms with Crippen LogP contribution in [0.3, 0.4) is 0 Å². The van der Waals surface area contributed by atoms with Crippen LogP contribution in [0.5, 0.6) is 5.75 Å². The summed E-state index contributed by atoms with van der Waals surface area (Å²) >= 11 is 0. The normalized spacial score (nSPS) is 17.6. The number of benzene rings is 1. The number of methoxy groups -OCH3 is 1. The number of ether oxygens (including phenoxy) is 1. The molecule has 140 valence electrons. The number of aromatic amines is 1. The zero-order valence-corrected chi connectivity index (χ0v) is 15.8. The van der Waals surface area contributed by atoms with E-state index < -0.39 is 0 Å². The molecule has 0 radical (unpaired) electrons. The van der Waals surface area contributed by atoms with E-state index in [4.69, 9.17) is 4.74 Å². The highest BCUT2D eigenvalue weighted by Crippen LogP contribution is 2.26. The molecule has 0 spiro atoms. The fourth-order valence-electron chi connectivity index (χ4n) is 3.55. The SMILES string of the molecule is COc1ccccc1CNC(=O)c1cc([C@@H]2CCN(CC(C)C)C2)[nH]n1. The molecular formula is C20H28N4O2. The first kappa shape index (κ1) is 18.5. The van der Waals surface area contributed by atoms with Crippen molar-refractivity contribution in [2.24, 2.45) is 5.92 Å². The first-order valence-electron chi connectivity index (χ1n) is 9.24. The number of carbonyl (C=O) groups is 1. The smallest absolute Gasteiger partial charge is 0.272 e. The van der Waals surface area contributed by atoms with Crippen molar-refractivity contribution in [2.45, 2.75) is 32.7 Å². The van der Waals surface area contributed by atoms with Crippen LogP contribution in [0, 0.1) is 5.92 Å². The molecule has 1 aliphatic heterocycles. The Morgan fingerprint density at radius 1 is 1.42 bits per heavy atom. The number of H-pyrrole nitrogens is 1. The molecule has 1 fully saturated rings. The molecule has 2 N–H and O–H groups in total. The molecule has 0 saturated carbocycles. The summed E-state index contributed by atoms with van der Waals surface area (Å²) < 4.78 is 5.31. The number of nitrogens with one attached hydrogen (secondary N) is 2. The molecule has 1 aromatic heterocycles. The highest BCUT2D eigenvalue weighted by atomic mass is 16.5. The number of aromatic nitrogens is 2. The van der Waals surface area contributed by atoms with Crippen LogP contribution in [0.15, 0.2) is 30.3 Å². The quantitative estimate of drug-likeness (QED) is 0.800. The van der Waals surface area contributed by atoms with Crippen molar-refractivity contribution in [3.05, 3.63) is 47.3 Å². The third kappa shape index (κ3) is 4.43. The van der Waals surface area contributed by atoms with Crippen molar-refractivity contribution in [1.82, 2.24) is 20.4 Å². The zero-order valence-electron chi connectivity index (χ0n) is 15.8. The summed E-state index contributed by atoms with van der Waals surface area (Å²) in [5.41, 5.74) is 2.44. The van der Waals surface area contributed by atoms with Gasteiger partial charge in [-0.05, 0) is 31.0 Å². The Bertz CT molecular complexity index is 741. The summed E-state index contributed by atoms with van der Waals surface area (Å²) in [5, 5.41) is 10.2. The average Bonchev–Trinajstić information content (AvgIpc) is 3.28. The number of amides is 1. The number of hydrogen-bond donors (Lipinski definition) is 2. The Balaban J connectivity index is 1.57. The van der Waals surface area contributed by atoms with Gasteiger partial charge in [0.15, 0.2) is 0 Å². The number of hydrogen-bond acceptors (Lipinski definition) is 4. The highest BCUT2D eigenvalue weighted by Gasteiger charge is 2.26. The minimum atomic E-state index is -0.171. The van der Waals surface area contributed by atoms with E-state index in [0.29, 0.717) is 24.1 Å². The molecule has 6 nitrogen and oxygen atoms in total. The summed E-state index contributed by atoms with van der Waals surface area (Å²) in [6.07, 6.45) is 1.11. The molecule has 1 atom stereocenters. The Labute approximate surface area is 154 Å². The van der Waals surface area contributed by atoms with E-state index >= 15 is 0 Å². The lowest BCUT2D eigenvalue weighted by Gasteiger charge is -2.17. The number of carbonyl (C=O) groups excluding carboxylic acids is 1. The number of rotatable bonds is 7. The molecule has 1 aromatic carbocycles. The van der Waals surface area contributed by atoms with Crippen molar-refractivity contribution < 1.29 is 9.53 Å². The van der Waals surface area contributed by atoms with Gasteiger partial charge in [-0.2, -0.15) is 5.10 Å². The molecule has 0 bridgehead atoms. The molecule has 3 rings (SSSR count). The van der Waals surface area contributed by atoms with Crippen LogP contribution in [0.1, 0.15) is 47.9 Å². The zero-order chi connectivity index (χ0) is 18.5. The predicted molar refractivity (Wildman–Crippen MR) is 101 cm³/mol. The van der Waals surface area contributed by atoms with Crippen molar-refractivity contribution >= 4 is 5.91 Å². The summed E-state index contributed by atoms with van der Waals surface area (Å²) in [6.45, 7) is 8.16. The Kier molecular flexibility index (Phi) is 5.93. The van der Waals surface area contributed by atoms with Gasteiger partial charge in [-0.15, -0.1) is 0 Å². The van der Waals surface area contributed by atoms with Crippen molar-refractivity contribution in [3.8, 4) is 5.75 Å². The van der Waals surface area contributed by atoms with Crippen LogP contribution >= 0.6 is 0 Å². The number of likely N-dealkylation sites (tertiary alicyclic amines) is 1. The van der Waals surface area contributed by atoms with Crippen LogP contribution < -0.4 is 10.1 Å². The van der Waals surface area contributed by atoms with Gasteiger partial charge in [-0.3, -0.25) is 9.89 Å². The maximum absolute atomic E-state index is 12.4. The molecular weight excluding hydrogens is 328 g/mol. The molecule has 6 heteroatoms. The van der Waals surface area contributed by atoms with Gasteiger partial charge in [0, 0.05) is 36.8 Å². The first-order chi connectivity index (χ1) is 12.6. The van der Waals surface area contributed by atoms with Crippen LogP contribution in [-0.2, 0) is 6.54 Å². The lowest BCUT2D eigenvalue weighted by atomic mass is 10.0. The highest BCUT2D eigenvalue weighted by molar-refractivity contribution is 5.92. The molecule has 2 heterocycles. The van der Waals surface area contributed by atoms with Gasteiger partial charge in [0.25, 0.3) is 5.91 Å². The fraction of sp³-hybridized carbons (Fsp3) is 0.500. The third-order valence-corrected chi connectivity index (χ3v) is 4.80. The van der Waals surface area contributed by atoms with E-state index in [1.54, 1.807) is 7.11 Å². The minimum absolute atomic E-state index is 0.171. The van der Waals surface area contributed by atoms with Crippen LogP contribution in [0.4, 0.5) is 0 Å². The molecule has 1 saturated heterocycles. The van der Waals surface area contributed by atoms with Crippen LogP contribution in [0.25, 0.3) is 0 Å². The van der Waals surface area contributed by atoms with Gasteiger partial charge < -0.3 is 15.0 Å². The maximum atomic E-state index is 12.4. The Morgan fingerprint density at radius 3 is 3.00 bits per heavy atom. The van der Waals surface area contributed by atoms with E-state index in [1.165, 1.54) is 0 Å². The van der Waals surface area contributed by atoms with Gasteiger partial charge in [-0.25, -0.2) is 0 Å². The fourth-order valence-corrected chi connectivity index (χ4v) is 3.55. The standard InChI is InChI=1S/C20H28N4O2/c1-14(2)12-24-9-8-16(13-24)17-10-18(23-22-17)20(25)21-11-15-6-4-5-7-19(15)26-3/h4-7,10,14,16H,8-9,11-13H2,1-3H3,(H,21,25)(H,22,23)/t16-/m1/s1. The summed E-state index contributed by atoms with van der Waals surface area (Å²) in [7, 11) is 1.63. The second-order valence-electron chi connectivity index (χ2n) is 7.34. The van der Waals surface area contributed by atoms with Crippen molar-refractivity contribution in [2.75, 3.05) is 26.7 Å². The van der Waals surface area contributed by atoms with Crippen molar-refractivity contribution in [3.63, 3.8) is 0 Å². The second-order valence-corrected chi connectivity index (χ2v) is 7.34. The number of para-hydroxylation sites is 1. The maximum Gasteiger partial charge on any atom is 0.272 e. The van der Waals surface area contributed by atoms with Gasteiger partial charge >= 0.3 is 0 Å². The van der Waals surface area contributed by atoms with E-state index in [-0.39, 0.29) is 5.91 Å². The van der Waals surface area contributed by atoms with E-state index in [1.807, 2.05) is 30.3 Å². The van der Waals surface area contributed by atoms with Gasteiger partial charge in [-0.1, -0.05) is 32.0 Å². The minimum Gasteiger partial charge on any atom is -0.496 e. The summed E-state index contributed by atoms with van der Waals surface area (Å²) in [6, 6.07) is 9.56. The van der Waals surface area contributed by atoms with Crippen LogP contribution in [-0.4, -0.2) is 47.7 Å². The van der Waals surface area contributed by atoms with Crippen molar-refractivity contribution in [1.29, 1.82) is 0 Å². The van der Waals surface area contributed by atoms with Gasteiger partial charge in [0.1, 0.15) is 11.4 Å². The Hall–Kier alpha value is -2.34. The molecule has 0 unspecified atom stereocenters. The van der Waals surface area contributed by atoms with Gasteiger partial charge in [0.05, 0.1) is 7.11 Å². The molecule has 1 amide bonds. The second kappa shape index (κ2) is 8.36. The Morgan fingerprint density at radius 2 is 2.23 bits per heavy atom. The lowest BCUT2D eigenvalue weighted by Crippen LogP contribution is -2.25. The van der Waals surface area contributed by atoms with Gasteiger partial charge in [0.2, 0.25) is 0 Å². The first-order valence-corrected chi connectivity index (χ1v) is 9.24.